The third-order valence-electron chi connectivity index (χ3n) is 1.82. The summed E-state index contributed by atoms with van der Waals surface area (Å²) in [6.45, 7) is 0. The minimum absolute atomic E-state index is 0.158. The van der Waals surface area contributed by atoms with Gasteiger partial charge in [-0.2, -0.15) is 22.0 Å². The third kappa shape index (κ3) is 2.95. The Balaban J connectivity index is 2.95. The Morgan fingerprint density at radius 2 is 1.72 bits per heavy atom. The summed E-state index contributed by atoms with van der Waals surface area (Å²) < 4.78 is 73.3. The Hall–Kier alpha value is -1.25. The molecule has 1 aromatic carbocycles. The monoisotopic (exact) mass is 335 g/mol. The predicted octanol–water partition coefficient (Wildman–Crippen LogP) is 3.72. The fraction of sp³-hybridized carbons (Fsp3) is 0.222. The van der Waals surface area contributed by atoms with Crippen molar-refractivity contribution >= 4 is 27.5 Å². The molecule has 0 aliphatic carbocycles. The van der Waals surface area contributed by atoms with Gasteiger partial charge < -0.3 is 5.32 Å². The number of benzene rings is 1. The summed E-state index contributed by atoms with van der Waals surface area (Å²) in [7, 11) is 0. The zero-order chi connectivity index (χ0) is 14.1. The molecule has 0 heterocycles. The molecule has 1 rings (SSSR count). The third-order valence-corrected chi connectivity index (χ3v) is 2.48. The van der Waals surface area contributed by atoms with Crippen LogP contribution in [-0.2, 0) is 4.79 Å². The Labute approximate surface area is 105 Å². The zero-order valence-electron chi connectivity index (χ0n) is 8.29. The van der Waals surface area contributed by atoms with Gasteiger partial charge in [0.1, 0.15) is 5.82 Å². The number of carbonyl (C=O) groups excluding carboxylic acids is 1. The number of nitrogens with one attached hydrogen (secondary N) is 1. The van der Waals surface area contributed by atoms with Crippen LogP contribution in [0.2, 0.25) is 0 Å². The molecule has 2 nitrogen and oxygen atoms in total. The van der Waals surface area contributed by atoms with Crippen LogP contribution in [-0.4, -0.2) is 18.0 Å². The van der Waals surface area contributed by atoms with E-state index in [-0.39, 0.29) is 4.47 Å². The number of carbonyl (C=O) groups is 1. The molecule has 0 saturated heterocycles. The number of alkyl halides is 5. The molecule has 0 radical (unpaired) electrons. The highest BCUT2D eigenvalue weighted by Gasteiger charge is 2.63. The van der Waals surface area contributed by atoms with Gasteiger partial charge in [0.2, 0.25) is 0 Å². The van der Waals surface area contributed by atoms with Crippen LogP contribution in [0.4, 0.5) is 32.0 Å². The number of rotatable bonds is 2. The van der Waals surface area contributed by atoms with Gasteiger partial charge in [0.15, 0.2) is 0 Å². The van der Waals surface area contributed by atoms with Crippen LogP contribution in [0, 0.1) is 5.82 Å². The van der Waals surface area contributed by atoms with Crippen molar-refractivity contribution in [2.45, 2.75) is 12.1 Å². The smallest absolute Gasteiger partial charge is 0.319 e. The van der Waals surface area contributed by atoms with Crippen LogP contribution in [0.1, 0.15) is 0 Å². The molecule has 0 aliphatic heterocycles. The van der Waals surface area contributed by atoms with Crippen molar-refractivity contribution in [1.82, 2.24) is 0 Å². The Morgan fingerprint density at radius 3 is 2.17 bits per heavy atom. The van der Waals surface area contributed by atoms with E-state index in [0.717, 1.165) is 18.2 Å². The van der Waals surface area contributed by atoms with Gasteiger partial charge in [-0.3, -0.25) is 4.79 Å². The van der Waals surface area contributed by atoms with Crippen molar-refractivity contribution in [2.75, 3.05) is 5.32 Å². The molecule has 0 spiro atoms. The molecule has 100 valence electrons. The lowest BCUT2D eigenvalue weighted by atomic mass is 10.2. The molecular weight excluding hydrogens is 332 g/mol. The number of hydrogen-bond acceptors (Lipinski definition) is 1. The number of anilines is 1. The summed E-state index contributed by atoms with van der Waals surface area (Å²) in [5.74, 6) is -8.81. The largest absolute Gasteiger partial charge is 0.463 e. The number of halogens is 7. The molecule has 0 bridgehead atoms. The molecule has 1 N–H and O–H groups in total. The lowest BCUT2D eigenvalue weighted by molar-refractivity contribution is -0.267. The number of hydrogen-bond donors (Lipinski definition) is 1. The minimum atomic E-state index is -6.00. The van der Waals surface area contributed by atoms with Crippen LogP contribution >= 0.6 is 15.9 Å². The molecule has 18 heavy (non-hydrogen) atoms. The van der Waals surface area contributed by atoms with Crippen molar-refractivity contribution in [2.24, 2.45) is 0 Å². The second-order valence-electron chi connectivity index (χ2n) is 3.15. The molecule has 1 aromatic rings. The van der Waals surface area contributed by atoms with E-state index in [1.807, 2.05) is 0 Å². The minimum Gasteiger partial charge on any atom is -0.319 e. The van der Waals surface area contributed by atoms with E-state index in [1.54, 1.807) is 0 Å². The number of amides is 1. The van der Waals surface area contributed by atoms with E-state index >= 15 is 0 Å². The molecule has 0 saturated carbocycles. The van der Waals surface area contributed by atoms with Crippen LogP contribution in [0.3, 0.4) is 0 Å². The first-order valence-electron chi connectivity index (χ1n) is 4.27. The highest BCUT2D eigenvalue weighted by Crippen LogP contribution is 2.36. The molecule has 1 amide bonds. The lowest BCUT2D eigenvalue weighted by Crippen LogP contribution is -2.47. The first-order valence-corrected chi connectivity index (χ1v) is 5.06. The van der Waals surface area contributed by atoms with Crippen LogP contribution in [0.25, 0.3) is 0 Å². The van der Waals surface area contributed by atoms with Gasteiger partial charge >= 0.3 is 18.0 Å². The van der Waals surface area contributed by atoms with Gasteiger partial charge in [-0.05, 0) is 34.1 Å². The van der Waals surface area contributed by atoms with Gasteiger partial charge in [0.05, 0.1) is 5.69 Å². The average molecular weight is 336 g/mol. The summed E-state index contributed by atoms with van der Waals surface area (Å²) in [5, 5.41) is 1.36. The quantitative estimate of drug-likeness (QED) is 0.820. The van der Waals surface area contributed by atoms with Crippen molar-refractivity contribution in [3.8, 4) is 0 Å². The van der Waals surface area contributed by atoms with Gasteiger partial charge in [-0.15, -0.1) is 0 Å². The van der Waals surface area contributed by atoms with Gasteiger partial charge in [0, 0.05) is 4.47 Å². The summed E-state index contributed by atoms with van der Waals surface area (Å²) >= 11 is 2.71. The molecule has 0 aliphatic rings. The molecule has 0 atom stereocenters. The first kappa shape index (κ1) is 14.8. The van der Waals surface area contributed by atoms with Gasteiger partial charge in [-0.25, -0.2) is 4.39 Å². The van der Waals surface area contributed by atoms with E-state index in [9.17, 15) is 31.1 Å². The summed E-state index contributed by atoms with van der Waals surface area (Å²) in [4.78, 5) is 10.8. The van der Waals surface area contributed by atoms with Crippen LogP contribution in [0.5, 0.6) is 0 Å². The first-order chi connectivity index (χ1) is 8.05. The Bertz CT molecular complexity index is 473. The SMILES string of the molecule is O=C(Nc1ccc(F)cc1Br)C(F)(F)C(F)(F)F. The fourth-order valence-corrected chi connectivity index (χ4v) is 1.37. The van der Waals surface area contributed by atoms with Crippen molar-refractivity contribution in [1.29, 1.82) is 0 Å². The summed E-state index contributed by atoms with van der Waals surface area (Å²) in [6.07, 6.45) is -6.00. The average Bonchev–Trinajstić information content (AvgIpc) is 2.20. The predicted molar refractivity (Wildman–Crippen MR) is 53.7 cm³/mol. The summed E-state index contributed by atoms with van der Waals surface area (Å²) in [6, 6.07) is 2.46. The van der Waals surface area contributed by atoms with Crippen molar-refractivity contribution in [3.05, 3.63) is 28.5 Å². The van der Waals surface area contributed by atoms with E-state index in [4.69, 9.17) is 0 Å². The maximum atomic E-state index is 12.6. The van der Waals surface area contributed by atoms with E-state index in [2.05, 4.69) is 15.9 Å². The van der Waals surface area contributed by atoms with E-state index < -0.39 is 29.5 Å². The normalized spacial score (nSPS) is 12.4. The van der Waals surface area contributed by atoms with Crippen LogP contribution < -0.4 is 5.32 Å². The van der Waals surface area contributed by atoms with Crippen molar-refractivity contribution < 1.29 is 31.1 Å². The highest BCUT2D eigenvalue weighted by molar-refractivity contribution is 9.10. The topological polar surface area (TPSA) is 29.1 Å². The lowest BCUT2D eigenvalue weighted by Gasteiger charge is -2.19. The second kappa shape index (κ2) is 4.79. The molecule has 0 aromatic heterocycles. The molecule has 0 unspecified atom stereocenters. The standard InChI is InChI=1S/C9H4BrF6NO/c10-5-3-4(11)1-2-6(5)17-7(18)8(12,13)9(14,15)16/h1-3H,(H,17,18). The fourth-order valence-electron chi connectivity index (χ4n) is 0.920. The van der Waals surface area contributed by atoms with Crippen LogP contribution in [0.15, 0.2) is 22.7 Å². The maximum Gasteiger partial charge on any atom is 0.463 e. The Kier molecular flexibility index (Phi) is 3.94. The maximum absolute atomic E-state index is 12.6. The zero-order valence-corrected chi connectivity index (χ0v) is 9.87. The van der Waals surface area contributed by atoms with E-state index in [1.165, 1.54) is 5.32 Å². The summed E-state index contributed by atoms with van der Waals surface area (Å²) in [5.41, 5.74) is -0.398. The van der Waals surface area contributed by atoms with Crippen molar-refractivity contribution in [3.63, 3.8) is 0 Å². The highest BCUT2D eigenvalue weighted by atomic mass is 79.9. The molecule has 0 fully saturated rings. The second-order valence-corrected chi connectivity index (χ2v) is 4.00. The molecule has 9 heteroatoms. The van der Waals surface area contributed by atoms with Gasteiger partial charge in [-0.1, -0.05) is 0 Å². The Morgan fingerprint density at radius 1 is 1.17 bits per heavy atom. The van der Waals surface area contributed by atoms with Gasteiger partial charge in [0.25, 0.3) is 0 Å². The molecular formula is C9H4BrF6NO. The van der Waals surface area contributed by atoms with E-state index in [0.29, 0.717) is 0 Å².